The lowest BCUT2D eigenvalue weighted by molar-refractivity contribution is 0.669. The van der Waals surface area contributed by atoms with Crippen LogP contribution < -0.4 is 4.90 Å². The Labute approximate surface area is 366 Å². The average molecular weight is 805 g/mol. The molecule has 0 saturated carbocycles. The van der Waals surface area contributed by atoms with E-state index >= 15 is 0 Å². The zero-order valence-corrected chi connectivity index (χ0v) is 34.4. The maximum atomic E-state index is 6.74. The molecule has 12 rings (SSSR count). The summed E-state index contributed by atoms with van der Waals surface area (Å²) in [6, 6.07) is 87.0. The van der Waals surface area contributed by atoms with Gasteiger partial charge in [-0.05, 0) is 81.9 Å². The number of rotatable bonds is 8. The molecule has 0 radical (unpaired) electrons. The van der Waals surface area contributed by atoms with Crippen molar-refractivity contribution in [2.45, 2.75) is 0 Å². The molecule has 3 heteroatoms. The molecule has 296 valence electrons. The highest BCUT2D eigenvalue weighted by molar-refractivity contribution is 6.27. The van der Waals surface area contributed by atoms with Crippen LogP contribution in [0.5, 0.6) is 0 Å². The Morgan fingerprint density at radius 3 is 1.52 bits per heavy atom. The topological polar surface area (TPSA) is 21.3 Å². The number of furan rings is 1. The number of para-hydroxylation sites is 2. The Morgan fingerprint density at radius 1 is 0.333 bits per heavy atom. The summed E-state index contributed by atoms with van der Waals surface area (Å²) in [4.78, 5) is 2.41. The number of anilines is 3. The minimum Gasteiger partial charge on any atom is -0.456 e. The van der Waals surface area contributed by atoms with Gasteiger partial charge in [-0.3, -0.25) is 0 Å². The second kappa shape index (κ2) is 15.3. The molecule has 12 aromatic rings. The third-order valence-electron chi connectivity index (χ3n) is 12.4. The maximum absolute atomic E-state index is 6.74. The zero-order chi connectivity index (χ0) is 41.7. The molecule has 0 N–H and O–H groups in total. The molecule has 63 heavy (non-hydrogen) atoms. The molecule has 0 fully saturated rings. The first kappa shape index (κ1) is 36.5. The highest BCUT2D eigenvalue weighted by Crippen LogP contribution is 2.48. The van der Waals surface area contributed by atoms with E-state index in [-0.39, 0.29) is 0 Å². The van der Waals surface area contributed by atoms with Crippen LogP contribution in [-0.2, 0) is 0 Å². The minimum absolute atomic E-state index is 0.865. The molecular weight excluding hydrogens is 765 g/mol. The van der Waals surface area contributed by atoms with Gasteiger partial charge in [0.2, 0.25) is 0 Å². The normalized spacial score (nSPS) is 11.5. The molecule has 10 aromatic carbocycles. The molecule has 0 spiro atoms. The van der Waals surface area contributed by atoms with Crippen molar-refractivity contribution in [3.8, 4) is 50.2 Å². The molecule has 0 saturated heterocycles. The van der Waals surface area contributed by atoms with Crippen LogP contribution in [0.25, 0.3) is 93.9 Å². The standard InChI is InChI=1S/C60H40N2O/c1-5-17-41(18-6-1)43-29-33-47(34-30-43)61(53-27-15-13-25-50(53)45-21-9-3-10-22-45)49-37-38-51-54(39-49)62(48-35-31-44(32-36-48)42-19-7-2-8-20-42)55-40-57-60(52-26-14-16-28-56(52)63-57)58(59(51)55)46-23-11-4-12-24-46/h1-40H. The van der Waals surface area contributed by atoms with E-state index in [1.54, 1.807) is 0 Å². The lowest BCUT2D eigenvalue weighted by atomic mass is 9.94. The molecule has 0 aliphatic carbocycles. The third-order valence-corrected chi connectivity index (χ3v) is 12.4. The van der Waals surface area contributed by atoms with Gasteiger partial charge in [-0.25, -0.2) is 0 Å². The van der Waals surface area contributed by atoms with E-state index in [0.29, 0.717) is 0 Å². The summed E-state index contributed by atoms with van der Waals surface area (Å²) in [5.41, 5.74) is 17.6. The predicted molar refractivity (Wildman–Crippen MR) is 264 cm³/mol. The van der Waals surface area contributed by atoms with Gasteiger partial charge in [0.15, 0.2) is 0 Å². The van der Waals surface area contributed by atoms with Gasteiger partial charge in [0, 0.05) is 55.8 Å². The second-order valence-corrected chi connectivity index (χ2v) is 16.1. The Kier molecular flexibility index (Phi) is 8.83. The van der Waals surface area contributed by atoms with Crippen molar-refractivity contribution in [2.75, 3.05) is 4.90 Å². The summed E-state index contributed by atoms with van der Waals surface area (Å²) in [5.74, 6) is 0. The van der Waals surface area contributed by atoms with E-state index in [9.17, 15) is 0 Å². The lowest BCUT2D eigenvalue weighted by Gasteiger charge is -2.28. The fourth-order valence-corrected chi connectivity index (χ4v) is 9.50. The van der Waals surface area contributed by atoms with Gasteiger partial charge in [-0.1, -0.05) is 188 Å². The molecule has 0 unspecified atom stereocenters. The van der Waals surface area contributed by atoms with Gasteiger partial charge in [-0.15, -0.1) is 0 Å². The maximum Gasteiger partial charge on any atom is 0.138 e. The summed E-state index contributed by atoms with van der Waals surface area (Å²) >= 11 is 0. The minimum atomic E-state index is 0.865. The fourth-order valence-electron chi connectivity index (χ4n) is 9.50. The highest BCUT2D eigenvalue weighted by Gasteiger charge is 2.25. The Morgan fingerprint density at radius 2 is 0.857 bits per heavy atom. The Balaban J connectivity index is 1.15. The molecule has 0 bridgehead atoms. The molecule has 0 atom stereocenters. The number of fused-ring (bicyclic) bond motifs is 6. The van der Waals surface area contributed by atoms with Crippen LogP contribution in [-0.4, -0.2) is 4.57 Å². The number of aromatic nitrogens is 1. The monoisotopic (exact) mass is 804 g/mol. The smallest absolute Gasteiger partial charge is 0.138 e. The van der Waals surface area contributed by atoms with Gasteiger partial charge in [-0.2, -0.15) is 0 Å². The quantitative estimate of drug-likeness (QED) is 0.153. The van der Waals surface area contributed by atoms with Gasteiger partial charge in [0.25, 0.3) is 0 Å². The van der Waals surface area contributed by atoms with E-state index in [1.165, 1.54) is 38.6 Å². The molecule has 0 amide bonds. The molecule has 3 nitrogen and oxygen atoms in total. The average Bonchev–Trinajstić information content (AvgIpc) is 3.90. The summed E-state index contributed by atoms with van der Waals surface area (Å²) < 4.78 is 9.17. The predicted octanol–water partition coefficient (Wildman–Crippen LogP) is 16.8. The lowest BCUT2D eigenvalue weighted by Crippen LogP contribution is -2.11. The van der Waals surface area contributed by atoms with E-state index in [0.717, 1.165) is 72.4 Å². The summed E-state index contributed by atoms with van der Waals surface area (Å²) in [7, 11) is 0. The van der Waals surface area contributed by atoms with E-state index in [4.69, 9.17) is 4.42 Å². The fraction of sp³-hybridized carbons (Fsp3) is 0. The van der Waals surface area contributed by atoms with Crippen molar-refractivity contribution >= 4 is 60.8 Å². The van der Waals surface area contributed by atoms with Gasteiger partial charge >= 0.3 is 0 Å². The molecule has 0 aliphatic heterocycles. The Bertz CT molecular complexity index is 3570. The van der Waals surface area contributed by atoms with Crippen LogP contribution in [0, 0.1) is 0 Å². The molecule has 0 aliphatic rings. The molecular formula is C60H40N2O. The van der Waals surface area contributed by atoms with Crippen LogP contribution in [0.1, 0.15) is 0 Å². The highest BCUT2D eigenvalue weighted by atomic mass is 16.3. The van der Waals surface area contributed by atoms with Crippen LogP contribution in [0.15, 0.2) is 247 Å². The van der Waals surface area contributed by atoms with Crippen molar-refractivity contribution in [2.24, 2.45) is 0 Å². The number of hydrogen-bond donors (Lipinski definition) is 0. The Hall–Kier alpha value is -8.40. The summed E-state index contributed by atoms with van der Waals surface area (Å²) in [6.07, 6.45) is 0. The van der Waals surface area contributed by atoms with Gasteiger partial charge in [0.05, 0.1) is 16.7 Å². The van der Waals surface area contributed by atoms with Crippen molar-refractivity contribution in [1.82, 2.24) is 4.57 Å². The first-order valence-corrected chi connectivity index (χ1v) is 21.5. The number of hydrogen-bond acceptors (Lipinski definition) is 2. The first-order chi connectivity index (χ1) is 31.3. The van der Waals surface area contributed by atoms with Crippen LogP contribution in [0.3, 0.4) is 0 Å². The zero-order valence-electron chi connectivity index (χ0n) is 34.4. The van der Waals surface area contributed by atoms with Gasteiger partial charge < -0.3 is 13.9 Å². The summed E-state index contributed by atoms with van der Waals surface area (Å²) in [5, 5.41) is 4.60. The first-order valence-electron chi connectivity index (χ1n) is 21.5. The van der Waals surface area contributed by atoms with Crippen LogP contribution in [0.2, 0.25) is 0 Å². The molecule has 2 aromatic heterocycles. The van der Waals surface area contributed by atoms with Crippen molar-refractivity contribution < 1.29 is 4.42 Å². The summed E-state index contributed by atoms with van der Waals surface area (Å²) in [6.45, 7) is 0. The van der Waals surface area contributed by atoms with Crippen molar-refractivity contribution in [1.29, 1.82) is 0 Å². The van der Waals surface area contributed by atoms with E-state index in [2.05, 4.69) is 252 Å². The van der Waals surface area contributed by atoms with Gasteiger partial charge in [0.1, 0.15) is 11.2 Å². The van der Waals surface area contributed by atoms with Crippen molar-refractivity contribution in [3.05, 3.63) is 243 Å². The largest absolute Gasteiger partial charge is 0.456 e. The number of benzene rings is 10. The van der Waals surface area contributed by atoms with Crippen LogP contribution >= 0.6 is 0 Å². The number of nitrogens with zero attached hydrogens (tertiary/aromatic N) is 2. The SMILES string of the molecule is c1ccc(-c2ccc(N(c3ccc4c5c(-c6ccccc6)c6c(cc5n(-c5ccc(-c7ccccc7)cc5)c4c3)oc3ccccc36)c3ccccc3-c3ccccc3)cc2)cc1. The van der Waals surface area contributed by atoms with Crippen molar-refractivity contribution in [3.63, 3.8) is 0 Å². The third kappa shape index (κ3) is 6.29. The molecule has 2 heterocycles. The second-order valence-electron chi connectivity index (χ2n) is 16.1. The van der Waals surface area contributed by atoms with Crippen LogP contribution in [0.4, 0.5) is 17.1 Å². The van der Waals surface area contributed by atoms with E-state index in [1.807, 2.05) is 0 Å². The van der Waals surface area contributed by atoms with E-state index < -0.39 is 0 Å².